The van der Waals surface area contributed by atoms with Crippen LogP contribution in [0.4, 0.5) is 5.69 Å². The average Bonchev–Trinajstić information content (AvgIpc) is 3.01. The van der Waals surface area contributed by atoms with Crippen molar-refractivity contribution in [3.05, 3.63) is 23.8 Å². The van der Waals surface area contributed by atoms with E-state index in [0.717, 1.165) is 24.1 Å². The highest BCUT2D eigenvalue weighted by atomic mass is 16.5. The fourth-order valence-corrected chi connectivity index (χ4v) is 4.07. The minimum Gasteiger partial charge on any atom is -0.488 e. The second-order valence-electron chi connectivity index (χ2n) is 6.15. The number of nitrogens with one attached hydrogen (secondary N) is 1. The average molecular weight is 243 g/mol. The molecule has 1 aromatic rings. The first-order valence-electron chi connectivity index (χ1n) is 7.42. The summed E-state index contributed by atoms with van der Waals surface area (Å²) in [5, 5.41) is 3.52. The first-order valence-corrected chi connectivity index (χ1v) is 7.42. The Morgan fingerprint density at radius 2 is 2.17 bits per heavy atom. The minimum absolute atomic E-state index is 0.485. The van der Waals surface area contributed by atoms with Crippen LogP contribution < -0.4 is 10.1 Å². The molecule has 3 unspecified atom stereocenters. The molecule has 0 spiro atoms. The third-order valence-corrected chi connectivity index (χ3v) is 4.99. The Morgan fingerprint density at radius 1 is 1.17 bits per heavy atom. The highest BCUT2D eigenvalue weighted by Crippen LogP contribution is 2.47. The molecule has 18 heavy (non-hydrogen) atoms. The molecule has 96 valence electrons. The van der Waals surface area contributed by atoms with Crippen LogP contribution in [0.5, 0.6) is 5.75 Å². The van der Waals surface area contributed by atoms with Crippen molar-refractivity contribution in [3.8, 4) is 5.75 Å². The van der Waals surface area contributed by atoms with E-state index in [2.05, 4.69) is 23.5 Å². The van der Waals surface area contributed by atoms with Crippen LogP contribution in [0.15, 0.2) is 18.2 Å². The van der Waals surface area contributed by atoms with Crippen LogP contribution in [0.3, 0.4) is 0 Å². The maximum Gasteiger partial charge on any atom is 0.143 e. The van der Waals surface area contributed by atoms with Crippen LogP contribution in [0.1, 0.15) is 37.7 Å². The van der Waals surface area contributed by atoms with Gasteiger partial charge in [-0.05, 0) is 62.0 Å². The third kappa shape index (κ3) is 1.70. The lowest BCUT2D eigenvalue weighted by molar-refractivity contribution is 0.139. The van der Waals surface area contributed by atoms with E-state index in [1.807, 2.05) is 0 Å². The van der Waals surface area contributed by atoms with Gasteiger partial charge < -0.3 is 10.1 Å². The summed E-state index contributed by atoms with van der Waals surface area (Å²) < 4.78 is 6.35. The summed E-state index contributed by atoms with van der Waals surface area (Å²) in [5.41, 5.74) is 2.70. The van der Waals surface area contributed by atoms with Crippen LogP contribution in [0, 0.1) is 11.8 Å². The number of ether oxygens (including phenoxy) is 1. The molecule has 3 atom stereocenters. The zero-order valence-corrected chi connectivity index (χ0v) is 10.8. The topological polar surface area (TPSA) is 21.3 Å². The van der Waals surface area contributed by atoms with Gasteiger partial charge in [0.2, 0.25) is 0 Å². The molecular formula is C16H21NO. The molecule has 0 radical (unpaired) electrons. The standard InChI is InChI=1S/C16H21NO/c1-3-12-4-2-8-17-16(12)14(5-1)18-15-10-11-6-7-13(15)9-11/h1,3,5,11,13,15,17H,2,4,6-10H2. The van der Waals surface area contributed by atoms with Crippen LogP contribution >= 0.6 is 0 Å². The quantitative estimate of drug-likeness (QED) is 0.856. The highest BCUT2D eigenvalue weighted by molar-refractivity contribution is 5.63. The van der Waals surface area contributed by atoms with Crippen molar-refractivity contribution in [2.75, 3.05) is 11.9 Å². The molecule has 1 N–H and O–H groups in total. The highest BCUT2D eigenvalue weighted by Gasteiger charge is 2.41. The summed E-state index contributed by atoms with van der Waals surface area (Å²) in [5.74, 6) is 2.88. The monoisotopic (exact) mass is 243 g/mol. The molecule has 0 aromatic heterocycles. The lowest BCUT2D eigenvalue weighted by atomic mass is 9.97. The molecule has 2 heteroatoms. The summed E-state index contributed by atoms with van der Waals surface area (Å²) in [6.45, 7) is 1.09. The van der Waals surface area contributed by atoms with Crippen LogP contribution in [-0.2, 0) is 6.42 Å². The maximum absolute atomic E-state index is 6.35. The van der Waals surface area contributed by atoms with Crippen molar-refractivity contribution < 1.29 is 4.74 Å². The number of fused-ring (bicyclic) bond motifs is 3. The number of rotatable bonds is 2. The number of benzene rings is 1. The van der Waals surface area contributed by atoms with Gasteiger partial charge in [0.15, 0.2) is 0 Å². The lowest BCUT2D eigenvalue weighted by Gasteiger charge is -2.27. The Balaban J connectivity index is 1.58. The van der Waals surface area contributed by atoms with Crippen LogP contribution in [-0.4, -0.2) is 12.6 Å². The van der Waals surface area contributed by atoms with Crippen molar-refractivity contribution in [1.29, 1.82) is 0 Å². The summed E-state index contributed by atoms with van der Waals surface area (Å²) in [6.07, 6.45) is 8.44. The molecule has 4 rings (SSSR count). The molecular weight excluding hydrogens is 222 g/mol. The van der Waals surface area contributed by atoms with Crippen LogP contribution in [0.2, 0.25) is 0 Å². The molecule has 0 amide bonds. The van der Waals surface area contributed by atoms with Crippen molar-refractivity contribution in [2.45, 2.75) is 44.6 Å². The van der Waals surface area contributed by atoms with E-state index in [1.165, 1.54) is 49.8 Å². The second-order valence-corrected chi connectivity index (χ2v) is 6.15. The van der Waals surface area contributed by atoms with Crippen molar-refractivity contribution in [2.24, 2.45) is 11.8 Å². The number of hydrogen-bond acceptors (Lipinski definition) is 2. The Kier molecular flexibility index (Phi) is 2.49. The van der Waals surface area contributed by atoms with Gasteiger partial charge in [0.05, 0.1) is 5.69 Å². The van der Waals surface area contributed by atoms with Crippen LogP contribution in [0.25, 0.3) is 0 Å². The Hall–Kier alpha value is -1.18. The summed E-state index contributed by atoms with van der Waals surface area (Å²) in [4.78, 5) is 0. The first-order chi connectivity index (χ1) is 8.90. The van der Waals surface area contributed by atoms with Gasteiger partial charge in [-0.25, -0.2) is 0 Å². The van der Waals surface area contributed by atoms with E-state index in [1.54, 1.807) is 0 Å². The summed E-state index contributed by atoms with van der Waals surface area (Å²) in [7, 11) is 0. The van der Waals surface area contributed by atoms with E-state index in [0.29, 0.717) is 6.10 Å². The predicted molar refractivity (Wildman–Crippen MR) is 73.1 cm³/mol. The Labute approximate surface area is 109 Å². The molecule has 2 aliphatic carbocycles. The smallest absolute Gasteiger partial charge is 0.143 e. The van der Waals surface area contributed by atoms with E-state index in [-0.39, 0.29) is 0 Å². The van der Waals surface area contributed by atoms with E-state index in [4.69, 9.17) is 4.74 Å². The van der Waals surface area contributed by atoms with E-state index in [9.17, 15) is 0 Å². The molecule has 1 aromatic carbocycles. The van der Waals surface area contributed by atoms with Crippen molar-refractivity contribution in [3.63, 3.8) is 0 Å². The normalized spacial score (nSPS) is 33.0. The summed E-state index contributed by atoms with van der Waals surface area (Å²) in [6, 6.07) is 6.52. The Morgan fingerprint density at radius 3 is 3.00 bits per heavy atom. The molecule has 2 nitrogen and oxygen atoms in total. The largest absolute Gasteiger partial charge is 0.488 e. The molecule has 0 saturated heterocycles. The first kappa shape index (κ1) is 10.7. The van der Waals surface area contributed by atoms with Gasteiger partial charge in [-0.2, -0.15) is 0 Å². The fraction of sp³-hybridized carbons (Fsp3) is 0.625. The number of aryl methyl sites for hydroxylation is 1. The van der Waals surface area contributed by atoms with Crippen molar-refractivity contribution >= 4 is 5.69 Å². The predicted octanol–water partition coefficient (Wildman–Crippen LogP) is 3.61. The minimum atomic E-state index is 0.485. The lowest BCUT2D eigenvalue weighted by Crippen LogP contribution is -2.24. The van der Waals surface area contributed by atoms with E-state index >= 15 is 0 Å². The van der Waals surface area contributed by atoms with Gasteiger partial charge in [0.1, 0.15) is 11.9 Å². The second kappa shape index (κ2) is 4.18. The van der Waals surface area contributed by atoms with E-state index < -0.39 is 0 Å². The Bertz CT molecular complexity index is 456. The fourth-order valence-electron chi connectivity index (χ4n) is 4.07. The zero-order chi connectivity index (χ0) is 11.9. The van der Waals surface area contributed by atoms with Crippen molar-refractivity contribution in [1.82, 2.24) is 0 Å². The number of hydrogen-bond donors (Lipinski definition) is 1. The van der Waals surface area contributed by atoms with Gasteiger partial charge in [-0.15, -0.1) is 0 Å². The number of anilines is 1. The zero-order valence-electron chi connectivity index (χ0n) is 10.8. The molecule has 2 bridgehead atoms. The molecule has 1 aliphatic heterocycles. The van der Waals surface area contributed by atoms with Gasteiger partial charge in [-0.3, -0.25) is 0 Å². The SMILES string of the molecule is c1cc2c(c(OC3CC4CCC3C4)c1)NCCC2. The summed E-state index contributed by atoms with van der Waals surface area (Å²) >= 11 is 0. The molecule has 2 fully saturated rings. The van der Waals surface area contributed by atoms with Gasteiger partial charge >= 0.3 is 0 Å². The van der Waals surface area contributed by atoms with Gasteiger partial charge in [-0.1, -0.05) is 12.1 Å². The van der Waals surface area contributed by atoms with Gasteiger partial charge in [0, 0.05) is 6.54 Å². The van der Waals surface area contributed by atoms with Gasteiger partial charge in [0.25, 0.3) is 0 Å². The third-order valence-electron chi connectivity index (χ3n) is 4.99. The maximum atomic E-state index is 6.35. The number of para-hydroxylation sites is 1. The molecule has 2 saturated carbocycles. The molecule has 1 heterocycles. The molecule has 3 aliphatic rings.